The molecule has 0 atom stereocenters. The summed E-state index contributed by atoms with van der Waals surface area (Å²) in [6, 6.07) is 77.4. The van der Waals surface area contributed by atoms with Crippen LogP contribution in [0.1, 0.15) is 0 Å². The quantitative estimate of drug-likeness (QED) is 0.168. The molecule has 12 aromatic rings. The van der Waals surface area contributed by atoms with Crippen molar-refractivity contribution in [1.29, 1.82) is 0 Å². The molecule has 3 heterocycles. The van der Waals surface area contributed by atoms with Crippen LogP contribution in [-0.2, 0) is 0 Å². The van der Waals surface area contributed by atoms with Gasteiger partial charge < -0.3 is 13.7 Å². The number of hydrogen-bond acceptors (Lipinski definition) is 0. The van der Waals surface area contributed by atoms with Gasteiger partial charge in [0.05, 0.1) is 33.1 Å². The lowest BCUT2D eigenvalue weighted by atomic mass is 9.96. The zero-order valence-electron chi connectivity index (χ0n) is 31.0. The van der Waals surface area contributed by atoms with Gasteiger partial charge in [0.25, 0.3) is 0 Å². The molecular formula is C54H35N3. The first-order chi connectivity index (χ1) is 28.3. The largest absolute Gasteiger partial charge is 0.309 e. The van der Waals surface area contributed by atoms with E-state index in [2.05, 4.69) is 226 Å². The monoisotopic (exact) mass is 725 g/mol. The van der Waals surface area contributed by atoms with Gasteiger partial charge in [-0.15, -0.1) is 0 Å². The van der Waals surface area contributed by atoms with Crippen molar-refractivity contribution in [2.75, 3.05) is 0 Å². The van der Waals surface area contributed by atoms with E-state index in [-0.39, 0.29) is 0 Å². The summed E-state index contributed by atoms with van der Waals surface area (Å²) in [5.41, 5.74) is 15.6. The fraction of sp³-hybridized carbons (Fsp3) is 0. The molecule has 0 bridgehead atoms. The number of benzene rings is 9. The van der Waals surface area contributed by atoms with Crippen LogP contribution in [0.4, 0.5) is 0 Å². The highest BCUT2D eigenvalue weighted by molar-refractivity contribution is 6.19. The summed E-state index contributed by atoms with van der Waals surface area (Å²) >= 11 is 0. The lowest BCUT2D eigenvalue weighted by Gasteiger charge is -2.10. The molecule has 266 valence electrons. The summed E-state index contributed by atoms with van der Waals surface area (Å²) in [7, 11) is 0. The van der Waals surface area contributed by atoms with Crippen molar-refractivity contribution < 1.29 is 0 Å². The molecule has 0 saturated carbocycles. The third kappa shape index (κ3) is 4.73. The predicted octanol–water partition coefficient (Wildman–Crippen LogP) is 14.3. The molecule has 0 spiro atoms. The van der Waals surface area contributed by atoms with E-state index in [9.17, 15) is 0 Å². The maximum Gasteiger partial charge on any atom is 0.0547 e. The summed E-state index contributed by atoms with van der Waals surface area (Å²) in [5.74, 6) is 0. The number of para-hydroxylation sites is 5. The standard InChI is InChI=1S/C54H35N3/c1-4-16-38(17-5-1)55-49-32-30-36(41-24-14-28-51-53(41)43-22-10-12-26-47(43)56(51)39-18-6-2-7-19-39)34-45(49)46-35-37(31-33-50(46)55)42-25-15-29-52-54(42)44-23-11-13-27-48(44)57(52)40-20-8-3-9-21-40/h1-35H. The van der Waals surface area contributed by atoms with Crippen LogP contribution in [0.3, 0.4) is 0 Å². The van der Waals surface area contributed by atoms with Crippen molar-refractivity contribution in [3.05, 3.63) is 212 Å². The van der Waals surface area contributed by atoms with Crippen LogP contribution in [0.15, 0.2) is 212 Å². The average molecular weight is 726 g/mol. The van der Waals surface area contributed by atoms with Crippen LogP contribution in [0.2, 0.25) is 0 Å². The molecule has 9 aromatic carbocycles. The Bertz CT molecular complexity index is 3280. The van der Waals surface area contributed by atoms with E-state index in [1.807, 2.05) is 0 Å². The molecule has 0 N–H and O–H groups in total. The van der Waals surface area contributed by atoms with Crippen molar-refractivity contribution in [1.82, 2.24) is 13.7 Å². The third-order valence-electron chi connectivity index (χ3n) is 11.8. The number of rotatable bonds is 5. The van der Waals surface area contributed by atoms with Crippen molar-refractivity contribution in [2.45, 2.75) is 0 Å². The highest BCUT2D eigenvalue weighted by Gasteiger charge is 2.20. The van der Waals surface area contributed by atoms with Crippen LogP contribution in [0.5, 0.6) is 0 Å². The Labute approximate surface area is 329 Å². The van der Waals surface area contributed by atoms with Crippen LogP contribution in [0, 0.1) is 0 Å². The SMILES string of the molecule is c1ccc(-n2c3ccc(-c4cccc5c4c4ccccc4n5-c4ccccc4)cc3c3cc(-c4cccc5c4c4ccccc4n5-c4ccccc4)ccc32)cc1. The molecule has 3 heteroatoms. The topological polar surface area (TPSA) is 14.8 Å². The lowest BCUT2D eigenvalue weighted by molar-refractivity contribution is 1.18. The number of hydrogen-bond donors (Lipinski definition) is 0. The van der Waals surface area contributed by atoms with Crippen molar-refractivity contribution >= 4 is 65.4 Å². The Morgan fingerprint density at radius 2 is 0.561 bits per heavy atom. The molecule has 12 rings (SSSR count). The van der Waals surface area contributed by atoms with Crippen LogP contribution in [-0.4, -0.2) is 13.7 Å². The van der Waals surface area contributed by atoms with Crippen molar-refractivity contribution in [2.24, 2.45) is 0 Å². The van der Waals surface area contributed by atoms with Crippen LogP contribution in [0.25, 0.3) is 105 Å². The molecule has 0 amide bonds. The lowest BCUT2D eigenvalue weighted by Crippen LogP contribution is -1.93. The smallest absolute Gasteiger partial charge is 0.0547 e. The first-order valence-corrected chi connectivity index (χ1v) is 19.6. The summed E-state index contributed by atoms with van der Waals surface area (Å²) in [6.45, 7) is 0. The van der Waals surface area contributed by atoms with Gasteiger partial charge in [-0.25, -0.2) is 0 Å². The Kier molecular flexibility index (Phi) is 6.93. The van der Waals surface area contributed by atoms with Gasteiger partial charge in [-0.1, -0.05) is 127 Å². The molecule has 57 heavy (non-hydrogen) atoms. The molecule has 0 saturated heterocycles. The maximum atomic E-state index is 2.42. The fourth-order valence-electron chi connectivity index (χ4n) is 9.44. The predicted molar refractivity (Wildman–Crippen MR) is 240 cm³/mol. The van der Waals surface area contributed by atoms with E-state index in [0.717, 1.165) is 17.1 Å². The minimum Gasteiger partial charge on any atom is -0.309 e. The van der Waals surface area contributed by atoms with Crippen LogP contribution >= 0.6 is 0 Å². The second-order valence-corrected chi connectivity index (χ2v) is 14.9. The van der Waals surface area contributed by atoms with Gasteiger partial charge in [0.1, 0.15) is 0 Å². The maximum absolute atomic E-state index is 2.42. The first kappa shape index (κ1) is 31.7. The third-order valence-corrected chi connectivity index (χ3v) is 11.8. The summed E-state index contributed by atoms with van der Waals surface area (Å²) < 4.78 is 7.22. The highest BCUT2D eigenvalue weighted by atomic mass is 15.0. The van der Waals surface area contributed by atoms with Gasteiger partial charge in [-0.05, 0) is 107 Å². The van der Waals surface area contributed by atoms with E-state index in [1.165, 1.54) is 87.7 Å². The van der Waals surface area contributed by atoms with Gasteiger partial charge in [-0.3, -0.25) is 0 Å². The van der Waals surface area contributed by atoms with Crippen molar-refractivity contribution in [3.8, 4) is 39.3 Å². The van der Waals surface area contributed by atoms with Gasteiger partial charge in [0, 0.05) is 49.4 Å². The van der Waals surface area contributed by atoms with Crippen LogP contribution < -0.4 is 0 Å². The molecule has 0 aliphatic carbocycles. The summed E-state index contributed by atoms with van der Waals surface area (Å²) in [5, 5.41) is 7.51. The van der Waals surface area contributed by atoms with Gasteiger partial charge in [0.15, 0.2) is 0 Å². The number of fused-ring (bicyclic) bond motifs is 9. The van der Waals surface area contributed by atoms with E-state index in [1.54, 1.807) is 0 Å². The molecule has 3 nitrogen and oxygen atoms in total. The molecule has 0 fully saturated rings. The minimum absolute atomic E-state index is 1.15. The molecule has 3 aromatic heterocycles. The Hall–Kier alpha value is -7.62. The molecule has 0 aliphatic rings. The molecule has 0 aliphatic heterocycles. The Morgan fingerprint density at radius 1 is 0.228 bits per heavy atom. The molecule has 0 unspecified atom stereocenters. The second kappa shape index (κ2) is 12.5. The van der Waals surface area contributed by atoms with Gasteiger partial charge in [-0.2, -0.15) is 0 Å². The minimum atomic E-state index is 1.15. The van der Waals surface area contributed by atoms with Gasteiger partial charge >= 0.3 is 0 Å². The second-order valence-electron chi connectivity index (χ2n) is 14.9. The van der Waals surface area contributed by atoms with E-state index in [4.69, 9.17) is 0 Å². The molecular weight excluding hydrogens is 691 g/mol. The normalized spacial score (nSPS) is 11.9. The van der Waals surface area contributed by atoms with Gasteiger partial charge in [0.2, 0.25) is 0 Å². The number of nitrogens with zero attached hydrogens (tertiary/aromatic N) is 3. The Balaban J connectivity index is 1.13. The highest BCUT2D eigenvalue weighted by Crippen LogP contribution is 2.43. The van der Waals surface area contributed by atoms with Crippen molar-refractivity contribution in [3.63, 3.8) is 0 Å². The van der Waals surface area contributed by atoms with E-state index >= 15 is 0 Å². The van der Waals surface area contributed by atoms with E-state index in [0.29, 0.717) is 0 Å². The molecule has 0 radical (unpaired) electrons. The van der Waals surface area contributed by atoms with E-state index < -0.39 is 0 Å². The first-order valence-electron chi connectivity index (χ1n) is 19.6. The Morgan fingerprint density at radius 3 is 0.982 bits per heavy atom. The summed E-state index contributed by atoms with van der Waals surface area (Å²) in [6.07, 6.45) is 0. The zero-order chi connectivity index (χ0) is 37.5. The average Bonchev–Trinajstić information content (AvgIpc) is 3.92. The summed E-state index contributed by atoms with van der Waals surface area (Å²) in [4.78, 5) is 0. The zero-order valence-corrected chi connectivity index (χ0v) is 31.0. The number of aromatic nitrogens is 3. The fourth-order valence-corrected chi connectivity index (χ4v) is 9.44.